The molecule has 0 radical (unpaired) electrons. The highest BCUT2D eigenvalue weighted by Crippen LogP contribution is 2.08. The lowest BCUT2D eigenvalue weighted by molar-refractivity contribution is -0.145. The van der Waals surface area contributed by atoms with Gasteiger partial charge in [0.05, 0.1) is 52.9 Å². The number of unbranched alkanes of at least 4 members (excludes halogenated alkanes) is 6. The van der Waals surface area contributed by atoms with E-state index in [2.05, 4.69) is 12.2 Å². The molecule has 9 nitrogen and oxygen atoms in total. The van der Waals surface area contributed by atoms with Gasteiger partial charge in [-0.1, -0.05) is 75.8 Å². The van der Waals surface area contributed by atoms with E-state index >= 15 is 0 Å². The van der Waals surface area contributed by atoms with Gasteiger partial charge in [0.1, 0.15) is 13.2 Å². The largest absolute Gasteiger partial charge is 0.463 e. The van der Waals surface area contributed by atoms with E-state index in [1.54, 1.807) is 0 Å². The Morgan fingerprint density at radius 3 is 1.81 bits per heavy atom. The Morgan fingerprint density at radius 1 is 0.649 bits per heavy atom. The molecule has 0 heterocycles. The molecule has 0 aliphatic rings. The maximum absolute atomic E-state index is 11.7. The Labute approximate surface area is 222 Å². The van der Waals surface area contributed by atoms with Crippen LogP contribution in [-0.4, -0.2) is 78.1 Å². The van der Waals surface area contributed by atoms with Gasteiger partial charge in [0.25, 0.3) is 0 Å². The molecule has 0 spiro atoms. The normalized spacial score (nSPS) is 10.8. The summed E-state index contributed by atoms with van der Waals surface area (Å²) in [5, 5.41) is 2.64. The fourth-order valence-corrected chi connectivity index (χ4v) is 3.27. The lowest BCUT2D eigenvalue weighted by atomic mass is 10.1. The molecule has 212 valence electrons. The SMILES string of the molecule is CCCCCCCCCC(=O)OCCOCCOCCOCCOCCNC(=O)OCc1ccccc1. The van der Waals surface area contributed by atoms with Gasteiger partial charge in [-0.15, -0.1) is 0 Å². The zero-order valence-corrected chi connectivity index (χ0v) is 22.6. The molecule has 0 atom stereocenters. The number of nitrogens with one attached hydrogen (secondary N) is 1. The summed E-state index contributed by atoms with van der Waals surface area (Å²) >= 11 is 0. The van der Waals surface area contributed by atoms with Gasteiger partial charge in [-0.05, 0) is 12.0 Å². The van der Waals surface area contributed by atoms with E-state index in [4.69, 9.17) is 28.4 Å². The van der Waals surface area contributed by atoms with Crippen molar-refractivity contribution in [2.45, 2.75) is 64.9 Å². The summed E-state index contributed by atoms with van der Waals surface area (Å²) in [5.41, 5.74) is 0.939. The number of alkyl carbamates (subject to hydrolysis) is 1. The quantitative estimate of drug-likeness (QED) is 0.145. The standard InChI is InChI=1S/C28H47NO8/c1-2-3-4-5-6-7-11-14-27(30)36-24-23-35-22-21-34-20-19-33-18-17-32-16-15-29-28(31)37-25-26-12-9-8-10-13-26/h8-10,12-13H,2-7,11,14-25H2,1H3,(H,29,31). The molecule has 0 saturated heterocycles. The highest BCUT2D eigenvalue weighted by atomic mass is 16.6. The van der Waals surface area contributed by atoms with Crippen molar-refractivity contribution >= 4 is 12.1 Å². The van der Waals surface area contributed by atoms with E-state index in [-0.39, 0.29) is 19.2 Å². The van der Waals surface area contributed by atoms with Crippen molar-refractivity contribution in [1.29, 1.82) is 0 Å². The Kier molecular flexibility index (Phi) is 22.6. The molecule has 0 fully saturated rings. The summed E-state index contributed by atoms with van der Waals surface area (Å²) in [6.07, 6.45) is 8.31. The number of hydrogen-bond donors (Lipinski definition) is 1. The van der Waals surface area contributed by atoms with Crippen molar-refractivity contribution in [3.05, 3.63) is 35.9 Å². The zero-order valence-electron chi connectivity index (χ0n) is 22.6. The fourth-order valence-electron chi connectivity index (χ4n) is 3.27. The predicted octanol–water partition coefficient (Wildman–Crippen LogP) is 4.66. The van der Waals surface area contributed by atoms with Crippen LogP contribution in [0.3, 0.4) is 0 Å². The van der Waals surface area contributed by atoms with E-state index in [1.807, 2.05) is 30.3 Å². The van der Waals surface area contributed by atoms with Crippen LogP contribution in [0, 0.1) is 0 Å². The van der Waals surface area contributed by atoms with Crippen molar-refractivity contribution in [1.82, 2.24) is 5.32 Å². The summed E-state index contributed by atoms with van der Waals surface area (Å²) in [6.45, 7) is 6.56. The van der Waals surface area contributed by atoms with Crippen LogP contribution in [0.1, 0.15) is 63.9 Å². The predicted molar refractivity (Wildman–Crippen MR) is 141 cm³/mol. The third kappa shape index (κ3) is 22.7. The molecular formula is C28H47NO8. The van der Waals surface area contributed by atoms with Crippen molar-refractivity contribution in [2.75, 3.05) is 66.0 Å². The Morgan fingerprint density at radius 2 is 1.19 bits per heavy atom. The van der Waals surface area contributed by atoms with Crippen LogP contribution in [0.25, 0.3) is 0 Å². The Hall–Kier alpha value is -2.20. The molecule has 0 unspecified atom stereocenters. The molecule has 1 amide bonds. The first-order chi connectivity index (χ1) is 18.2. The molecule has 1 N–H and O–H groups in total. The number of benzene rings is 1. The van der Waals surface area contributed by atoms with E-state index in [0.717, 1.165) is 18.4 Å². The number of carbonyl (C=O) groups is 2. The van der Waals surface area contributed by atoms with Crippen LogP contribution < -0.4 is 5.32 Å². The molecule has 1 aromatic rings. The number of rotatable bonds is 25. The van der Waals surface area contributed by atoms with Crippen LogP contribution in [-0.2, 0) is 39.8 Å². The third-order valence-corrected chi connectivity index (χ3v) is 5.32. The molecular weight excluding hydrogens is 478 g/mol. The van der Waals surface area contributed by atoms with Gasteiger partial charge in [-0.25, -0.2) is 4.79 Å². The van der Waals surface area contributed by atoms with Crippen LogP contribution in [0.5, 0.6) is 0 Å². The molecule has 0 aromatic heterocycles. The second-order valence-electron chi connectivity index (χ2n) is 8.53. The van der Waals surface area contributed by atoms with Crippen LogP contribution in [0.4, 0.5) is 4.79 Å². The third-order valence-electron chi connectivity index (χ3n) is 5.32. The van der Waals surface area contributed by atoms with Gasteiger partial charge >= 0.3 is 12.1 Å². The molecule has 1 rings (SSSR count). The molecule has 0 aliphatic carbocycles. The number of esters is 1. The van der Waals surface area contributed by atoms with E-state index in [9.17, 15) is 9.59 Å². The number of amides is 1. The topological polar surface area (TPSA) is 102 Å². The first-order valence-electron chi connectivity index (χ1n) is 13.6. The van der Waals surface area contributed by atoms with Crippen LogP contribution >= 0.6 is 0 Å². The molecule has 0 aliphatic heterocycles. The van der Waals surface area contributed by atoms with Gasteiger partial charge in [-0.2, -0.15) is 0 Å². The monoisotopic (exact) mass is 525 g/mol. The van der Waals surface area contributed by atoms with Crippen LogP contribution in [0.15, 0.2) is 30.3 Å². The molecule has 9 heteroatoms. The first kappa shape index (κ1) is 32.8. The van der Waals surface area contributed by atoms with Crippen molar-refractivity contribution in [3.63, 3.8) is 0 Å². The minimum Gasteiger partial charge on any atom is -0.463 e. The minimum atomic E-state index is -0.468. The summed E-state index contributed by atoms with van der Waals surface area (Å²) in [7, 11) is 0. The fraction of sp³-hybridized carbons (Fsp3) is 0.714. The van der Waals surface area contributed by atoms with Crippen molar-refractivity contribution < 1.29 is 38.0 Å². The zero-order chi connectivity index (χ0) is 26.7. The van der Waals surface area contributed by atoms with Crippen molar-refractivity contribution in [2.24, 2.45) is 0 Å². The maximum atomic E-state index is 11.7. The lowest BCUT2D eigenvalue weighted by Gasteiger charge is -2.09. The maximum Gasteiger partial charge on any atom is 0.407 e. The molecule has 37 heavy (non-hydrogen) atoms. The van der Waals surface area contributed by atoms with Crippen molar-refractivity contribution in [3.8, 4) is 0 Å². The number of ether oxygens (including phenoxy) is 6. The molecule has 1 aromatic carbocycles. The van der Waals surface area contributed by atoms with Gasteiger partial charge in [0.15, 0.2) is 0 Å². The first-order valence-corrected chi connectivity index (χ1v) is 13.6. The summed E-state index contributed by atoms with van der Waals surface area (Å²) < 4.78 is 31.9. The second kappa shape index (κ2) is 25.4. The number of carbonyl (C=O) groups excluding carboxylic acids is 2. The molecule has 0 bridgehead atoms. The average Bonchev–Trinajstić information content (AvgIpc) is 2.91. The minimum absolute atomic E-state index is 0.146. The summed E-state index contributed by atoms with van der Waals surface area (Å²) in [5.74, 6) is -0.146. The highest BCUT2D eigenvalue weighted by molar-refractivity contribution is 5.69. The number of hydrogen-bond acceptors (Lipinski definition) is 8. The van der Waals surface area contributed by atoms with E-state index in [0.29, 0.717) is 65.8 Å². The second-order valence-corrected chi connectivity index (χ2v) is 8.53. The summed E-state index contributed by atoms with van der Waals surface area (Å²) in [4.78, 5) is 23.3. The smallest absolute Gasteiger partial charge is 0.407 e. The lowest BCUT2D eigenvalue weighted by Crippen LogP contribution is -2.28. The van der Waals surface area contributed by atoms with Gasteiger partial charge in [-0.3, -0.25) is 4.79 Å². The Balaban J connectivity index is 1.73. The highest BCUT2D eigenvalue weighted by Gasteiger charge is 2.03. The van der Waals surface area contributed by atoms with Crippen LogP contribution in [0.2, 0.25) is 0 Å². The van der Waals surface area contributed by atoms with Gasteiger partial charge in [0, 0.05) is 13.0 Å². The van der Waals surface area contributed by atoms with Gasteiger partial charge in [0.2, 0.25) is 0 Å². The average molecular weight is 526 g/mol. The Bertz CT molecular complexity index is 659. The van der Waals surface area contributed by atoms with E-state index in [1.165, 1.54) is 32.1 Å². The summed E-state index contributed by atoms with van der Waals surface area (Å²) in [6, 6.07) is 9.50. The van der Waals surface area contributed by atoms with Gasteiger partial charge < -0.3 is 33.7 Å². The van der Waals surface area contributed by atoms with E-state index < -0.39 is 6.09 Å². The molecule has 0 saturated carbocycles.